The molecule has 8 heteroatoms. The summed E-state index contributed by atoms with van der Waals surface area (Å²) in [5, 5.41) is 3.32. The molecule has 1 N–H and O–H groups in total. The van der Waals surface area contributed by atoms with E-state index in [4.69, 9.17) is 0 Å². The van der Waals surface area contributed by atoms with Crippen molar-refractivity contribution in [3.63, 3.8) is 0 Å². The highest BCUT2D eigenvalue weighted by Gasteiger charge is 2.30. The monoisotopic (exact) mass is 392 g/mol. The highest BCUT2D eigenvalue weighted by atomic mass is 32.2. The summed E-state index contributed by atoms with van der Waals surface area (Å²) >= 11 is 0. The molecule has 1 unspecified atom stereocenters. The first-order chi connectivity index (χ1) is 12.9. The van der Waals surface area contributed by atoms with Gasteiger partial charge in [0.15, 0.2) is 0 Å². The van der Waals surface area contributed by atoms with E-state index in [0.29, 0.717) is 36.8 Å². The van der Waals surface area contributed by atoms with Crippen LogP contribution in [0.2, 0.25) is 0 Å². The number of amides is 1. The van der Waals surface area contributed by atoms with E-state index >= 15 is 0 Å². The van der Waals surface area contributed by atoms with Crippen LogP contribution < -0.4 is 5.32 Å². The van der Waals surface area contributed by atoms with Gasteiger partial charge in [-0.2, -0.15) is 8.42 Å². The molecular formula is C19H28N4O3S. The van der Waals surface area contributed by atoms with Gasteiger partial charge in [-0.15, -0.1) is 4.40 Å². The van der Waals surface area contributed by atoms with E-state index in [0.717, 1.165) is 32.5 Å². The number of carbonyl (C=O) groups excluding carboxylic acids is 1. The second kappa shape index (κ2) is 8.39. The maximum atomic E-state index is 12.7. The average molecular weight is 393 g/mol. The number of carbonyl (C=O) groups is 1. The number of nitrogens with one attached hydrogen (secondary N) is 1. The van der Waals surface area contributed by atoms with Crippen molar-refractivity contribution in [2.24, 2.45) is 4.40 Å². The fourth-order valence-electron chi connectivity index (χ4n) is 3.74. The molecule has 1 aromatic carbocycles. The molecule has 148 valence electrons. The molecule has 0 radical (unpaired) electrons. The van der Waals surface area contributed by atoms with Crippen molar-refractivity contribution in [2.45, 2.75) is 43.5 Å². The number of hydrogen-bond acceptors (Lipinski definition) is 5. The van der Waals surface area contributed by atoms with Crippen molar-refractivity contribution in [3.05, 3.63) is 29.8 Å². The van der Waals surface area contributed by atoms with Crippen molar-refractivity contribution < 1.29 is 13.2 Å². The van der Waals surface area contributed by atoms with E-state index in [9.17, 15) is 13.2 Å². The van der Waals surface area contributed by atoms with Crippen molar-refractivity contribution in [1.29, 1.82) is 0 Å². The maximum absolute atomic E-state index is 12.7. The van der Waals surface area contributed by atoms with Crippen LogP contribution in [0.25, 0.3) is 0 Å². The average Bonchev–Trinajstić information content (AvgIpc) is 3.26. The van der Waals surface area contributed by atoms with Gasteiger partial charge < -0.3 is 15.1 Å². The van der Waals surface area contributed by atoms with Gasteiger partial charge in [0.05, 0.1) is 0 Å². The van der Waals surface area contributed by atoms with E-state index in [1.165, 1.54) is 0 Å². The zero-order valence-electron chi connectivity index (χ0n) is 16.0. The van der Waals surface area contributed by atoms with Crippen LogP contribution in [0.3, 0.4) is 0 Å². The van der Waals surface area contributed by atoms with Gasteiger partial charge in [0.1, 0.15) is 10.7 Å². The zero-order valence-corrected chi connectivity index (χ0v) is 16.8. The van der Waals surface area contributed by atoms with Crippen LogP contribution in [-0.2, 0) is 14.8 Å². The molecule has 1 atom stereocenters. The van der Waals surface area contributed by atoms with E-state index < -0.39 is 10.0 Å². The van der Waals surface area contributed by atoms with Gasteiger partial charge in [0.25, 0.3) is 10.0 Å². The first-order valence-corrected chi connectivity index (χ1v) is 11.0. The Morgan fingerprint density at radius 2 is 2.07 bits per heavy atom. The van der Waals surface area contributed by atoms with Crippen LogP contribution in [0.4, 0.5) is 0 Å². The number of rotatable bonds is 7. The molecule has 0 spiro atoms. The third-order valence-electron chi connectivity index (χ3n) is 5.12. The van der Waals surface area contributed by atoms with Crippen LogP contribution in [0.1, 0.15) is 38.2 Å². The quantitative estimate of drug-likeness (QED) is 0.759. The molecule has 27 heavy (non-hydrogen) atoms. The summed E-state index contributed by atoms with van der Waals surface area (Å²) in [7, 11) is -1.78. The first kappa shape index (κ1) is 19.8. The fraction of sp³-hybridized carbons (Fsp3) is 0.579. The summed E-state index contributed by atoms with van der Waals surface area (Å²) < 4.78 is 28.3. The number of benzene rings is 1. The summed E-state index contributed by atoms with van der Waals surface area (Å²) in [6, 6.07) is 7.16. The van der Waals surface area contributed by atoms with Gasteiger partial charge in [-0.25, -0.2) is 0 Å². The molecule has 1 fully saturated rings. The van der Waals surface area contributed by atoms with Gasteiger partial charge in [-0.1, -0.05) is 19.1 Å². The SMILES string of the molecule is CCCN(C(=O)CCCN(C)C1=NS(=O)(=O)c2ccccc21)C1CCNC1. The lowest BCUT2D eigenvalue weighted by Gasteiger charge is -2.28. The van der Waals surface area contributed by atoms with Gasteiger partial charge in [0.2, 0.25) is 5.91 Å². The van der Waals surface area contributed by atoms with Gasteiger partial charge in [0, 0.05) is 44.7 Å². The second-order valence-electron chi connectivity index (χ2n) is 7.14. The fourth-order valence-corrected chi connectivity index (χ4v) is 4.99. The van der Waals surface area contributed by atoms with Crippen molar-refractivity contribution in [3.8, 4) is 0 Å². The van der Waals surface area contributed by atoms with E-state index in [-0.39, 0.29) is 10.8 Å². The Morgan fingerprint density at radius 1 is 1.30 bits per heavy atom. The van der Waals surface area contributed by atoms with Crippen LogP contribution in [-0.4, -0.2) is 69.2 Å². The molecule has 0 saturated carbocycles. The van der Waals surface area contributed by atoms with Gasteiger partial charge >= 0.3 is 0 Å². The molecule has 7 nitrogen and oxygen atoms in total. The molecular weight excluding hydrogens is 364 g/mol. The normalized spacial score (nSPS) is 20.2. The summed E-state index contributed by atoms with van der Waals surface area (Å²) in [6.07, 6.45) is 3.09. The topological polar surface area (TPSA) is 82.1 Å². The van der Waals surface area contributed by atoms with E-state index in [1.54, 1.807) is 18.2 Å². The predicted molar refractivity (Wildman–Crippen MR) is 105 cm³/mol. The van der Waals surface area contributed by atoms with Crippen LogP contribution >= 0.6 is 0 Å². The molecule has 0 aromatic heterocycles. The highest BCUT2D eigenvalue weighted by Crippen LogP contribution is 2.27. The number of fused-ring (bicyclic) bond motifs is 1. The largest absolute Gasteiger partial charge is 0.358 e. The predicted octanol–water partition coefficient (Wildman–Crippen LogP) is 1.45. The standard InChI is InChI=1S/C19H28N4O3S/c1-3-12-23(15-10-11-20-14-15)18(24)9-6-13-22(2)19-16-7-4-5-8-17(16)27(25,26)21-19/h4-5,7-8,15,20H,3,6,9-14H2,1-2H3. The minimum absolute atomic E-state index is 0.181. The molecule has 3 rings (SSSR count). The summed E-state index contributed by atoms with van der Waals surface area (Å²) in [6.45, 7) is 5.30. The summed E-state index contributed by atoms with van der Waals surface area (Å²) in [5.41, 5.74) is 0.635. The van der Waals surface area contributed by atoms with Crippen LogP contribution in [0, 0.1) is 0 Å². The zero-order chi connectivity index (χ0) is 19.4. The molecule has 0 aliphatic carbocycles. The third-order valence-corrected chi connectivity index (χ3v) is 6.44. The Hall–Kier alpha value is -1.93. The molecule has 2 aliphatic heterocycles. The lowest BCUT2D eigenvalue weighted by atomic mass is 10.1. The van der Waals surface area contributed by atoms with Gasteiger partial charge in [-0.05, 0) is 37.9 Å². The molecule has 1 amide bonds. The molecule has 1 aromatic rings. The van der Waals surface area contributed by atoms with Crippen molar-refractivity contribution in [2.75, 3.05) is 33.2 Å². The minimum atomic E-state index is -3.61. The number of sulfonamides is 1. The summed E-state index contributed by atoms with van der Waals surface area (Å²) in [4.78, 5) is 16.8. The van der Waals surface area contributed by atoms with Crippen LogP contribution in [0.5, 0.6) is 0 Å². The summed E-state index contributed by atoms with van der Waals surface area (Å²) in [5.74, 6) is 0.642. The van der Waals surface area contributed by atoms with E-state index in [2.05, 4.69) is 16.6 Å². The highest BCUT2D eigenvalue weighted by molar-refractivity contribution is 7.90. The smallest absolute Gasteiger partial charge is 0.285 e. The maximum Gasteiger partial charge on any atom is 0.285 e. The Labute approximate surface area is 161 Å². The number of amidine groups is 1. The van der Waals surface area contributed by atoms with Crippen molar-refractivity contribution >= 4 is 21.8 Å². The molecule has 2 aliphatic rings. The Morgan fingerprint density at radius 3 is 2.78 bits per heavy atom. The lowest BCUT2D eigenvalue weighted by Crippen LogP contribution is -2.42. The second-order valence-corrected chi connectivity index (χ2v) is 8.72. The van der Waals surface area contributed by atoms with Crippen LogP contribution in [0.15, 0.2) is 33.6 Å². The minimum Gasteiger partial charge on any atom is -0.358 e. The lowest BCUT2D eigenvalue weighted by molar-refractivity contribution is -0.133. The first-order valence-electron chi connectivity index (χ1n) is 9.59. The molecule has 2 heterocycles. The third kappa shape index (κ3) is 4.32. The Balaban J connectivity index is 1.58. The number of nitrogens with zero attached hydrogens (tertiary/aromatic N) is 3. The Bertz CT molecular complexity index is 816. The van der Waals surface area contributed by atoms with Gasteiger partial charge in [-0.3, -0.25) is 4.79 Å². The Kier molecular flexibility index (Phi) is 6.16. The molecule has 1 saturated heterocycles. The number of hydrogen-bond donors (Lipinski definition) is 1. The van der Waals surface area contributed by atoms with E-state index in [1.807, 2.05) is 22.9 Å². The van der Waals surface area contributed by atoms with Crippen molar-refractivity contribution in [1.82, 2.24) is 15.1 Å². The molecule has 0 bridgehead atoms.